The molecule has 0 amide bonds. The van der Waals surface area contributed by atoms with Crippen LogP contribution in [0.2, 0.25) is 0 Å². The van der Waals surface area contributed by atoms with Crippen LogP contribution in [0.5, 0.6) is 0 Å². The molecule has 8 atom stereocenters. The van der Waals surface area contributed by atoms with Crippen LogP contribution in [-0.2, 0) is 42.9 Å². The van der Waals surface area contributed by atoms with Gasteiger partial charge in [-0.15, -0.1) is 0 Å². The van der Waals surface area contributed by atoms with E-state index in [1.54, 1.807) is 6.08 Å². The van der Waals surface area contributed by atoms with Crippen molar-refractivity contribution in [2.75, 3.05) is 0 Å². The molecule has 1 unspecified atom stereocenters. The minimum atomic E-state index is -1.14. The second kappa shape index (κ2) is 10.5. The Balaban J connectivity index is 2.09. The van der Waals surface area contributed by atoms with E-state index >= 15 is 0 Å². The van der Waals surface area contributed by atoms with Crippen molar-refractivity contribution in [3.05, 3.63) is 23.8 Å². The third kappa shape index (κ3) is 6.31. The number of ether oxygens (including phenoxy) is 5. The standard InChI is InChI=1S/C26H36O9/c1-13(2)12-19(31-15(4)27)23(32-16(5)28)22-18-10-11-26(7)20(35-26)9-8-14(3)21(18)25(33-17(6)29)34-24(22)30/h12,18-23,25H,3,8-11H2,1-2,4-7H3/t18-,19-,20-,21-,22?,23-,25+,26-/m0/s1. The van der Waals surface area contributed by atoms with E-state index in [0.29, 0.717) is 19.3 Å². The van der Waals surface area contributed by atoms with Crippen molar-refractivity contribution in [2.24, 2.45) is 17.8 Å². The van der Waals surface area contributed by atoms with Gasteiger partial charge in [-0.25, -0.2) is 0 Å². The zero-order valence-electron chi connectivity index (χ0n) is 21.3. The Morgan fingerprint density at radius 1 is 1.06 bits per heavy atom. The minimum Gasteiger partial charge on any atom is -0.457 e. The molecule has 0 aromatic rings. The highest BCUT2D eigenvalue weighted by atomic mass is 16.7. The Bertz CT molecular complexity index is 918. The van der Waals surface area contributed by atoms with Gasteiger partial charge in [0.05, 0.1) is 17.6 Å². The molecule has 2 aliphatic heterocycles. The van der Waals surface area contributed by atoms with E-state index in [-0.39, 0.29) is 11.7 Å². The number of esters is 4. The van der Waals surface area contributed by atoms with E-state index in [4.69, 9.17) is 23.7 Å². The van der Waals surface area contributed by atoms with E-state index in [0.717, 1.165) is 17.6 Å². The quantitative estimate of drug-likeness (QED) is 0.238. The summed E-state index contributed by atoms with van der Waals surface area (Å²) in [6.07, 6.45) is 0.975. The summed E-state index contributed by atoms with van der Waals surface area (Å²) in [6, 6.07) is 0. The van der Waals surface area contributed by atoms with Gasteiger partial charge < -0.3 is 23.7 Å². The van der Waals surface area contributed by atoms with Crippen molar-refractivity contribution >= 4 is 23.9 Å². The molecule has 0 aromatic carbocycles. The van der Waals surface area contributed by atoms with Crippen LogP contribution in [0.15, 0.2) is 23.8 Å². The first-order chi connectivity index (χ1) is 16.3. The zero-order valence-corrected chi connectivity index (χ0v) is 21.3. The van der Waals surface area contributed by atoms with Gasteiger partial charge in [0.25, 0.3) is 6.29 Å². The van der Waals surface area contributed by atoms with Crippen LogP contribution in [0.1, 0.15) is 67.2 Å². The highest BCUT2D eigenvalue weighted by Crippen LogP contribution is 2.51. The lowest BCUT2D eigenvalue weighted by molar-refractivity contribution is -0.228. The van der Waals surface area contributed by atoms with Gasteiger partial charge in [0.15, 0.2) is 12.2 Å². The van der Waals surface area contributed by atoms with Crippen LogP contribution in [0.25, 0.3) is 0 Å². The monoisotopic (exact) mass is 492 g/mol. The number of hydrogen-bond donors (Lipinski definition) is 0. The molecule has 0 spiro atoms. The lowest BCUT2D eigenvalue weighted by Gasteiger charge is -2.45. The molecule has 2 saturated heterocycles. The Morgan fingerprint density at radius 3 is 2.29 bits per heavy atom. The van der Waals surface area contributed by atoms with Crippen molar-refractivity contribution in [1.29, 1.82) is 0 Å². The first kappa shape index (κ1) is 26.9. The molecule has 9 heteroatoms. The minimum absolute atomic E-state index is 0.0883. The first-order valence-electron chi connectivity index (χ1n) is 12.0. The number of carbonyl (C=O) groups is 4. The van der Waals surface area contributed by atoms with E-state index in [2.05, 4.69) is 6.58 Å². The molecule has 0 radical (unpaired) electrons. The second-order valence-corrected chi connectivity index (χ2v) is 10.2. The molecule has 3 rings (SSSR count). The van der Waals surface area contributed by atoms with E-state index in [1.165, 1.54) is 20.8 Å². The fourth-order valence-corrected chi connectivity index (χ4v) is 5.42. The maximum atomic E-state index is 13.5. The average molecular weight is 493 g/mol. The number of carbonyl (C=O) groups excluding carboxylic acids is 4. The molecule has 2 heterocycles. The van der Waals surface area contributed by atoms with E-state index in [1.807, 2.05) is 20.8 Å². The van der Waals surface area contributed by atoms with Crippen LogP contribution in [0.3, 0.4) is 0 Å². The Kier molecular flexibility index (Phi) is 8.09. The van der Waals surface area contributed by atoms with Crippen LogP contribution < -0.4 is 0 Å². The molecule has 3 fully saturated rings. The van der Waals surface area contributed by atoms with Crippen LogP contribution in [-0.4, -0.2) is 54.1 Å². The van der Waals surface area contributed by atoms with Crippen molar-refractivity contribution in [2.45, 2.75) is 97.4 Å². The van der Waals surface area contributed by atoms with Crippen molar-refractivity contribution in [3.8, 4) is 0 Å². The molecular weight excluding hydrogens is 456 g/mol. The highest BCUT2D eigenvalue weighted by molar-refractivity contribution is 5.77. The SMILES string of the molecule is C=C1CC[C@@H]2O[C@@]2(C)CC[C@@H]2C([C@@H](OC(C)=O)[C@H](C=C(C)C)OC(C)=O)C(=O)O[C@@H](OC(C)=O)[C@@H]12. The maximum Gasteiger partial charge on any atom is 0.316 e. The first-order valence-corrected chi connectivity index (χ1v) is 12.0. The van der Waals surface area contributed by atoms with Gasteiger partial charge in [-0.1, -0.05) is 17.7 Å². The molecule has 0 aromatic heterocycles. The van der Waals surface area contributed by atoms with Gasteiger partial charge in [0, 0.05) is 20.8 Å². The van der Waals surface area contributed by atoms with Crippen LogP contribution in [0, 0.1) is 17.8 Å². The van der Waals surface area contributed by atoms with E-state index in [9.17, 15) is 19.2 Å². The largest absolute Gasteiger partial charge is 0.457 e. The number of fused-ring (bicyclic) bond motifs is 2. The second-order valence-electron chi connectivity index (χ2n) is 10.2. The Hall–Kier alpha value is -2.68. The lowest BCUT2D eigenvalue weighted by Crippen LogP contribution is -2.55. The molecule has 1 saturated carbocycles. The van der Waals surface area contributed by atoms with Crippen molar-refractivity contribution in [3.63, 3.8) is 0 Å². The Morgan fingerprint density at radius 2 is 1.71 bits per heavy atom. The molecule has 9 nitrogen and oxygen atoms in total. The molecule has 0 bridgehead atoms. The van der Waals surface area contributed by atoms with Gasteiger partial charge in [0.1, 0.15) is 5.92 Å². The third-order valence-corrected chi connectivity index (χ3v) is 6.99. The summed E-state index contributed by atoms with van der Waals surface area (Å²) < 4.78 is 28.2. The fourth-order valence-electron chi connectivity index (χ4n) is 5.42. The maximum absolute atomic E-state index is 13.5. The summed E-state index contributed by atoms with van der Waals surface area (Å²) in [5, 5.41) is 0. The predicted octanol–water partition coefficient (Wildman–Crippen LogP) is 3.40. The smallest absolute Gasteiger partial charge is 0.316 e. The fraction of sp³-hybridized carbons (Fsp3) is 0.692. The number of allylic oxidation sites excluding steroid dienone is 1. The summed E-state index contributed by atoms with van der Waals surface area (Å²) in [7, 11) is 0. The van der Waals surface area contributed by atoms with Gasteiger partial charge >= 0.3 is 23.9 Å². The highest BCUT2D eigenvalue weighted by Gasteiger charge is 2.58. The lowest BCUT2D eigenvalue weighted by atomic mass is 9.69. The molecule has 35 heavy (non-hydrogen) atoms. The molecule has 194 valence electrons. The summed E-state index contributed by atoms with van der Waals surface area (Å²) in [4.78, 5) is 49.4. The summed E-state index contributed by atoms with van der Waals surface area (Å²) in [5.41, 5.74) is 1.27. The summed E-state index contributed by atoms with van der Waals surface area (Å²) in [5.74, 6) is -4.42. The zero-order chi connectivity index (χ0) is 26.1. The normalized spacial score (nSPS) is 33.7. The van der Waals surface area contributed by atoms with Gasteiger partial charge in [-0.3, -0.25) is 19.2 Å². The number of rotatable bonds is 6. The number of epoxide rings is 1. The molecule has 0 N–H and O–H groups in total. The van der Waals surface area contributed by atoms with Crippen LogP contribution >= 0.6 is 0 Å². The number of hydrogen-bond acceptors (Lipinski definition) is 9. The topological polar surface area (TPSA) is 118 Å². The molecule has 1 aliphatic carbocycles. The van der Waals surface area contributed by atoms with Gasteiger partial charge in [0.2, 0.25) is 0 Å². The predicted molar refractivity (Wildman–Crippen MR) is 124 cm³/mol. The Labute approximate surface area is 206 Å². The van der Waals surface area contributed by atoms with Crippen molar-refractivity contribution < 1.29 is 42.9 Å². The summed E-state index contributed by atoms with van der Waals surface area (Å²) >= 11 is 0. The summed E-state index contributed by atoms with van der Waals surface area (Å²) in [6.45, 7) is 13.7. The van der Waals surface area contributed by atoms with Gasteiger partial charge in [-0.05, 0) is 58.4 Å². The van der Waals surface area contributed by atoms with E-state index < -0.39 is 60.1 Å². The third-order valence-electron chi connectivity index (χ3n) is 6.99. The molecular formula is C26H36O9. The van der Waals surface area contributed by atoms with Crippen molar-refractivity contribution in [1.82, 2.24) is 0 Å². The van der Waals surface area contributed by atoms with Crippen LogP contribution in [0.4, 0.5) is 0 Å². The average Bonchev–Trinajstić information content (AvgIpc) is 3.36. The number of cyclic esters (lactones) is 1. The van der Waals surface area contributed by atoms with Gasteiger partial charge in [-0.2, -0.15) is 0 Å². The molecule has 3 aliphatic rings.